The van der Waals surface area contributed by atoms with Crippen LogP contribution in [0.4, 0.5) is 0 Å². The molecule has 1 aromatic carbocycles. The van der Waals surface area contributed by atoms with Crippen molar-refractivity contribution in [3.8, 4) is 0 Å². The maximum absolute atomic E-state index is 10.7. The summed E-state index contributed by atoms with van der Waals surface area (Å²) in [4.78, 5) is 0. The van der Waals surface area contributed by atoms with Crippen LogP contribution < -0.4 is 5.30 Å². The van der Waals surface area contributed by atoms with Crippen LogP contribution in [-0.4, -0.2) is 70.0 Å². The second-order valence-corrected chi connectivity index (χ2v) is 16.9. The fourth-order valence-electron chi connectivity index (χ4n) is 5.66. The molecule has 0 unspecified atom stereocenters. The van der Waals surface area contributed by atoms with Crippen molar-refractivity contribution in [3.05, 3.63) is 30.3 Å². The zero-order valence-corrected chi connectivity index (χ0v) is 23.4. The molecule has 0 atom stereocenters. The Balaban J connectivity index is 1.91. The monoisotopic (exact) mass is 532 g/mol. The minimum atomic E-state index is -2.55. The zero-order chi connectivity index (χ0) is 24.2. The number of hydrogen-bond acceptors (Lipinski definition) is 6. The van der Waals surface area contributed by atoms with Gasteiger partial charge in [-0.15, -0.1) is 0 Å². The van der Waals surface area contributed by atoms with Gasteiger partial charge in [0.15, 0.2) is 0 Å². The molecule has 0 amide bonds. The summed E-state index contributed by atoms with van der Waals surface area (Å²) >= 11 is 3.35. The fraction of sp³-hybridized carbons (Fsp3) is 0.750. The molecule has 2 N–H and O–H groups in total. The van der Waals surface area contributed by atoms with Crippen LogP contribution in [0.5, 0.6) is 0 Å². The van der Waals surface area contributed by atoms with Crippen molar-refractivity contribution in [2.45, 2.75) is 115 Å². The first-order valence-electron chi connectivity index (χ1n) is 11.5. The number of benzene rings is 1. The van der Waals surface area contributed by atoms with Crippen LogP contribution in [0.15, 0.2) is 30.3 Å². The van der Waals surface area contributed by atoms with Gasteiger partial charge in [-0.1, -0.05) is 0 Å². The van der Waals surface area contributed by atoms with E-state index >= 15 is 0 Å². The van der Waals surface area contributed by atoms with E-state index in [-0.39, 0.29) is 12.2 Å². The Morgan fingerprint density at radius 3 is 1.34 bits per heavy atom. The number of piperidine rings is 2. The molecule has 2 aliphatic heterocycles. The number of rotatable bonds is 5. The molecule has 2 aliphatic rings. The van der Waals surface area contributed by atoms with E-state index in [9.17, 15) is 10.4 Å². The van der Waals surface area contributed by atoms with E-state index in [1.165, 1.54) is 10.1 Å². The van der Waals surface area contributed by atoms with Gasteiger partial charge in [0.05, 0.1) is 0 Å². The molecule has 0 aliphatic carbocycles. The summed E-state index contributed by atoms with van der Waals surface area (Å²) < 4.78 is 13.7. The van der Waals surface area contributed by atoms with Crippen molar-refractivity contribution in [2.75, 3.05) is 0 Å². The van der Waals surface area contributed by atoms with Gasteiger partial charge in [-0.2, -0.15) is 0 Å². The first kappa shape index (κ1) is 26.5. The van der Waals surface area contributed by atoms with Gasteiger partial charge in [0.25, 0.3) is 0 Å². The van der Waals surface area contributed by atoms with Gasteiger partial charge in [-0.05, 0) is 0 Å². The Kier molecular flexibility index (Phi) is 7.34. The minimum absolute atomic E-state index is 0.0582. The van der Waals surface area contributed by atoms with E-state index in [1.54, 1.807) is 0 Å². The third-order valence-electron chi connectivity index (χ3n) is 6.85. The summed E-state index contributed by atoms with van der Waals surface area (Å²) in [5.74, 6) is -2.55. The van der Waals surface area contributed by atoms with Gasteiger partial charge >= 0.3 is 202 Å². The molecule has 2 heterocycles. The van der Waals surface area contributed by atoms with Crippen LogP contribution in [0.25, 0.3) is 0 Å². The molecule has 6 nitrogen and oxygen atoms in total. The first-order chi connectivity index (χ1) is 14.5. The quantitative estimate of drug-likeness (QED) is 0.407. The van der Waals surface area contributed by atoms with Crippen molar-refractivity contribution >= 4 is 26.4 Å². The molecule has 2 saturated heterocycles. The third-order valence-corrected chi connectivity index (χ3v) is 11.3. The topological polar surface area (TPSA) is 65.4 Å². The van der Waals surface area contributed by atoms with Gasteiger partial charge in [-0.25, -0.2) is 0 Å². The summed E-state index contributed by atoms with van der Waals surface area (Å²) in [6.07, 6.45) is 2.71. The predicted octanol–water partition coefficient (Wildman–Crippen LogP) is 5.10. The molecule has 0 radical (unpaired) electrons. The van der Waals surface area contributed by atoms with Crippen molar-refractivity contribution in [1.29, 1.82) is 0 Å². The van der Waals surface area contributed by atoms with Crippen molar-refractivity contribution in [2.24, 2.45) is 0 Å². The van der Waals surface area contributed by atoms with Gasteiger partial charge in [0.2, 0.25) is 0 Å². The first-order valence-corrected chi connectivity index (χ1v) is 15.3. The summed E-state index contributed by atoms with van der Waals surface area (Å²) in [5.41, 5.74) is -1.61. The van der Waals surface area contributed by atoms with E-state index < -0.39 is 28.1 Å². The Hall–Kier alpha value is -0.0705. The molecule has 3 rings (SSSR count). The average Bonchev–Trinajstić information content (AvgIpc) is 2.64. The number of nitrogens with zero attached hydrogens (tertiary/aromatic N) is 2. The molecule has 0 bridgehead atoms. The van der Waals surface area contributed by atoms with Gasteiger partial charge < -0.3 is 0 Å². The molecule has 8 heteroatoms. The van der Waals surface area contributed by atoms with E-state index in [0.29, 0.717) is 25.7 Å². The third kappa shape index (κ3) is 5.43. The van der Waals surface area contributed by atoms with Gasteiger partial charge in [-0.3, -0.25) is 0 Å². The van der Waals surface area contributed by atoms with Crippen LogP contribution in [0.2, 0.25) is 0 Å². The second-order valence-electron chi connectivity index (χ2n) is 12.0. The maximum atomic E-state index is 10.7. The SMILES string of the molecule is CC1(C)CC(OP(=[Se])(OC2CC(C)(C)N(O)C(C)(C)C2)c2ccccc2)CC(C)(C)N1O. The standard InChI is InChI=1S/C24H41N2O4PSe/c1-21(2)14-18(15-22(3,4)25(21)27)29-31(32,20-12-10-9-11-13-20)30-19-16-23(5,6)26(28)24(7,8)17-19/h9-13,18-19,27-28H,14-17H2,1-8H3. The average molecular weight is 532 g/mol. The van der Waals surface area contributed by atoms with Crippen molar-refractivity contribution < 1.29 is 19.5 Å². The van der Waals surface area contributed by atoms with E-state index in [4.69, 9.17) is 9.05 Å². The second kappa shape index (κ2) is 8.86. The molecule has 1 aromatic rings. The van der Waals surface area contributed by atoms with Crippen LogP contribution >= 0.6 is 5.96 Å². The fourth-order valence-corrected chi connectivity index (χ4v) is 9.87. The molecule has 32 heavy (non-hydrogen) atoms. The molecule has 0 spiro atoms. The van der Waals surface area contributed by atoms with E-state index in [2.05, 4.69) is 82.6 Å². The molecule has 0 saturated carbocycles. The van der Waals surface area contributed by atoms with Crippen LogP contribution in [0, 0.1) is 0 Å². The molecule has 182 valence electrons. The van der Waals surface area contributed by atoms with Gasteiger partial charge in [0, 0.05) is 0 Å². The number of hydrogen-bond donors (Lipinski definition) is 2. The molecule has 0 aromatic heterocycles. The molecular formula is C24H41N2O4PSe. The summed E-state index contributed by atoms with van der Waals surface area (Å²) in [6.45, 7) is 16.4. The summed E-state index contributed by atoms with van der Waals surface area (Å²) in [5, 5.41) is 25.4. The predicted molar refractivity (Wildman–Crippen MR) is 131 cm³/mol. The Labute approximate surface area is 201 Å². The van der Waals surface area contributed by atoms with E-state index in [1.807, 2.05) is 18.2 Å². The molecular weight excluding hydrogens is 490 g/mol. The molecule has 2 fully saturated rings. The van der Waals surface area contributed by atoms with Crippen LogP contribution in [0.1, 0.15) is 81.1 Å². The van der Waals surface area contributed by atoms with Crippen molar-refractivity contribution in [3.63, 3.8) is 0 Å². The van der Waals surface area contributed by atoms with Crippen molar-refractivity contribution in [1.82, 2.24) is 10.1 Å². The Bertz CT molecular complexity index is 775. The summed E-state index contributed by atoms with van der Waals surface area (Å²) in [6, 6.07) is 10.2. The summed E-state index contributed by atoms with van der Waals surface area (Å²) in [7, 11) is 0. The number of hydroxylamine groups is 4. The van der Waals surface area contributed by atoms with Crippen LogP contribution in [-0.2, 0) is 9.05 Å². The van der Waals surface area contributed by atoms with Crippen LogP contribution in [0.3, 0.4) is 0 Å². The zero-order valence-electron chi connectivity index (χ0n) is 20.8. The van der Waals surface area contributed by atoms with E-state index in [0.717, 1.165) is 5.30 Å². The Morgan fingerprint density at radius 2 is 1.03 bits per heavy atom. The Morgan fingerprint density at radius 1 is 0.719 bits per heavy atom. The van der Waals surface area contributed by atoms with Gasteiger partial charge in [0.1, 0.15) is 0 Å². The normalized spacial score (nSPS) is 26.8.